The first-order valence-corrected chi connectivity index (χ1v) is 9.55. The average molecular weight is 312 g/mol. The molecule has 116 valence electrons. The van der Waals surface area contributed by atoms with Crippen LogP contribution in [0, 0.1) is 0 Å². The Balaban J connectivity index is 3.96. The van der Waals surface area contributed by atoms with Crippen LogP contribution in [0.2, 0.25) is 0 Å². The molecule has 0 saturated heterocycles. The summed E-state index contributed by atoms with van der Waals surface area (Å²) in [4.78, 5) is 0. The molecule has 2 N–H and O–H groups in total. The highest BCUT2D eigenvalue weighted by Gasteiger charge is 2.19. The largest absolute Gasteiger partial charge is 0.317 e. The predicted molar refractivity (Wildman–Crippen MR) is 84.9 cm³/mol. The summed E-state index contributed by atoms with van der Waals surface area (Å²) in [5, 5.41) is 3.27. The fourth-order valence-corrected chi connectivity index (χ4v) is 3.44. The van der Waals surface area contributed by atoms with Crippen molar-refractivity contribution in [3.05, 3.63) is 0 Å². The second-order valence-corrected chi connectivity index (χ2v) is 7.74. The van der Waals surface area contributed by atoms with Crippen LogP contribution < -0.4 is 10.0 Å². The average Bonchev–Trinajstić information content (AvgIpc) is 2.35. The van der Waals surface area contributed by atoms with E-state index in [0.717, 1.165) is 37.4 Å². The van der Waals surface area contributed by atoms with Gasteiger partial charge in [0.15, 0.2) is 0 Å². The molecule has 0 bridgehead atoms. The molecule has 0 aromatic rings. The van der Waals surface area contributed by atoms with E-state index in [1.807, 2.05) is 6.92 Å². The van der Waals surface area contributed by atoms with Gasteiger partial charge in [0.2, 0.25) is 0 Å². The Morgan fingerprint density at radius 3 is 2.53 bits per heavy atom. The Morgan fingerprint density at radius 1 is 1.26 bits per heavy atom. The van der Waals surface area contributed by atoms with Crippen molar-refractivity contribution in [1.29, 1.82) is 0 Å². The lowest BCUT2D eigenvalue weighted by Crippen LogP contribution is -2.44. The summed E-state index contributed by atoms with van der Waals surface area (Å²) in [7, 11) is -1.71. The zero-order valence-electron chi connectivity index (χ0n) is 12.6. The number of nitrogens with one attached hydrogen (secondary N) is 2. The van der Waals surface area contributed by atoms with Gasteiger partial charge in [-0.1, -0.05) is 13.8 Å². The predicted octanol–water partition coefficient (Wildman–Crippen LogP) is 1.28. The minimum Gasteiger partial charge on any atom is -0.317 e. The highest BCUT2D eigenvalue weighted by atomic mass is 32.2. The lowest BCUT2D eigenvalue weighted by molar-refractivity contribution is 0.440. The molecule has 0 aliphatic heterocycles. The van der Waals surface area contributed by atoms with Crippen LogP contribution in [0.5, 0.6) is 0 Å². The number of hydrogen-bond donors (Lipinski definition) is 2. The summed E-state index contributed by atoms with van der Waals surface area (Å²) in [6, 6.07) is -0.0318. The van der Waals surface area contributed by atoms with Crippen LogP contribution in [0.1, 0.15) is 33.6 Å². The number of rotatable bonds is 12. The third-order valence-corrected chi connectivity index (χ3v) is 5.43. The molecule has 0 spiro atoms. The standard InChI is InChI=1S/C12H29N3O2S2/c1-5-8-13-9-7-10-15(4)19(16,17)14-12(3)11-18-6-2/h12-14H,5-11H2,1-4H3. The molecule has 5 nitrogen and oxygen atoms in total. The third-order valence-electron chi connectivity index (χ3n) is 2.59. The first kappa shape index (κ1) is 19.2. The van der Waals surface area contributed by atoms with Gasteiger partial charge >= 0.3 is 0 Å². The van der Waals surface area contributed by atoms with Crippen LogP contribution in [0.3, 0.4) is 0 Å². The van der Waals surface area contributed by atoms with E-state index in [1.165, 1.54) is 4.31 Å². The maximum Gasteiger partial charge on any atom is 0.279 e. The second-order valence-electron chi connectivity index (χ2n) is 4.61. The zero-order chi connectivity index (χ0) is 14.7. The lowest BCUT2D eigenvalue weighted by atomic mass is 10.4. The number of hydrogen-bond acceptors (Lipinski definition) is 4. The normalized spacial score (nSPS) is 13.9. The van der Waals surface area contributed by atoms with Gasteiger partial charge in [-0.25, -0.2) is 0 Å². The van der Waals surface area contributed by atoms with Crippen molar-refractivity contribution < 1.29 is 8.42 Å². The molecule has 0 aromatic carbocycles. The quantitative estimate of drug-likeness (QED) is 0.533. The molecule has 0 heterocycles. The minimum absolute atomic E-state index is 0.0318. The Labute approximate surface area is 123 Å². The van der Waals surface area contributed by atoms with Gasteiger partial charge < -0.3 is 5.32 Å². The highest BCUT2D eigenvalue weighted by Crippen LogP contribution is 2.04. The molecule has 0 aliphatic rings. The maximum absolute atomic E-state index is 12.0. The van der Waals surface area contributed by atoms with Crippen LogP contribution in [0.15, 0.2) is 0 Å². The third kappa shape index (κ3) is 9.67. The molecule has 0 rings (SSSR count). The Bertz CT molecular complexity index is 310. The monoisotopic (exact) mass is 311 g/mol. The molecule has 1 atom stereocenters. The number of thioether (sulfide) groups is 1. The van der Waals surface area contributed by atoms with Gasteiger partial charge in [-0.3, -0.25) is 0 Å². The van der Waals surface area contributed by atoms with E-state index in [0.29, 0.717) is 6.54 Å². The molecule has 0 aliphatic carbocycles. The SMILES string of the molecule is CCCNCCCN(C)S(=O)(=O)NC(C)CSCC. The summed E-state index contributed by atoms with van der Waals surface area (Å²) >= 11 is 1.74. The smallest absolute Gasteiger partial charge is 0.279 e. The topological polar surface area (TPSA) is 61.4 Å². The van der Waals surface area contributed by atoms with E-state index >= 15 is 0 Å². The highest BCUT2D eigenvalue weighted by molar-refractivity contribution is 7.99. The van der Waals surface area contributed by atoms with Crippen molar-refractivity contribution in [2.45, 2.75) is 39.7 Å². The van der Waals surface area contributed by atoms with Gasteiger partial charge in [0.25, 0.3) is 10.2 Å². The van der Waals surface area contributed by atoms with E-state index in [9.17, 15) is 8.42 Å². The van der Waals surface area contributed by atoms with Crippen molar-refractivity contribution in [1.82, 2.24) is 14.3 Å². The van der Waals surface area contributed by atoms with E-state index < -0.39 is 10.2 Å². The molecule has 0 amide bonds. The van der Waals surface area contributed by atoms with Crippen LogP contribution in [-0.2, 0) is 10.2 Å². The fraction of sp³-hybridized carbons (Fsp3) is 1.00. The molecule has 1 unspecified atom stereocenters. The van der Waals surface area contributed by atoms with E-state index in [4.69, 9.17) is 0 Å². The van der Waals surface area contributed by atoms with Crippen molar-refractivity contribution in [2.24, 2.45) is 0 Å². The van der Waals surface area contributed by atoms with Gasteiger partial charge in [-0.05, 0) is 38.6 Å². The van der Waals surface area contributed by atoms with Gasteiger partial charge in [0, 0.05) is 25.4 Å². The first-order chi connectivity index (χ1) is 8.94. The Hall–Kier alpha value is 0.180. The van der Waals surface area contributed by atoms with Crippen molar-refractivity contribution in [2.75, 3.05) is 38.2 Å². The molecule has 0 aromatic heterocycles. The Kier molecular flexibility index (Phi) is 11.0. The minimum atomic E-state index is -3.34. The Morgan fingerprint density at radius 2 is 1.95 bits per heavy atom. The van der Waals surface area contributed by atoms with E-state index in [2.05, 4.69) is 23.9 Å². The zero-order valence-corrected chi connectivity index (χ0v) is 14.2. The van der Waals surface area contributed by atoms with Crippen LogP contribution in [0.25, 0.3) is 0 Å². The molecule has 19 heavy (non-hydrogen) atoms. The van der Waals surface area contributed by atoms with Crippen molar-refractivity contribution >= 4 is 22.0 Å². The lowest BCUT2D eigenvalue weighted by Gasteiger charge is -2.21. The van der Waals surface area contributed by atoms with Crippen molar-refractivity contribution in [3.8, 4) is 0 Å². The van der Waals surface area contributed by atoms with Gasteiger partial charge in [0.1, 0.15) is 0 Å². The van der Waals surface area contributed by atoms with Gasteiger partial charge in [0.05, 0.1) is 0 Å². The van der Waals surface area contributed by atoms with E-state index in [-0.39, 0.29) is 6.04 Å². The second kappa shape index (κ2) is 10.9. The molecular formula is C12H29N3O2S2. The summed E-state index contributed by atoms with van der Waals surface area (Å²) in [5.74, 6) is 1.81. The van der Waals surface area contributed by atoms with Gasteiger partial charge in [-0.15, -0.1) is 0 Å². The maximum atomic E-state index is 12.0. The summed E-state index contributed by atoms with van der Waals surface area (Å²) in [5.41, 5.74) is 0. The first-order valence-electron chi connectivity index (χ1n) is 6.96. The summed E-state index contributed by atoms with van der Waals surface area (Å²) in [6.45, 7) is 8.47. The summed E-state index contributed by atoms with van der Waals surface area (Å²) in [6.07, 6.45) is 1.93. The molecule has 0 saturated carbocycles. The van der Waals surface area contributed by atoms with Crippen molar-refractivity contribution in [3.63, 3.8) is 0 Å². The van der Waals surface area contributed by atoms with Crippen LogP contribution in [0.4, 0.5) is 0 Å². The fourth-order valence-electron chi connectivity index (χ4n) is 1.52. The molecule has 0 fully saturated rings. The van der Waals surface area contributed by atoms with E-state index in [1.54, 1.807) is 18.8 Å². The number of nitrogens with zero attached hydrogens (tertiary/aromatic N) is 1. The van der Waals surface area contributed by atoms with Crippen LogP contribution >= 0.6 is 11.8 Å². The van der Waals surface area contributed by atoms with Gasteiger partial charge in [-0.2, -0.15) is 29.2 Å². The van der Waals surface area contributed by atoms with Crippen LogP contribution in [-0.4, -0.2) is 57.0 Å². The molecular weight excluding hydrogens is 282 g/mol. The molecule has 0 radical (unpaired) electrons. The summed E-state index contributed by atoms with van der Waals surface area (Å²) < 4.78 is 28.1. The molecule has 7 heteroatoms.